The standard InChI is InChI=1S/C14H12F3NO2S/c15-14(16,17)20-11-5-3-10(4-6-11)7-8-18-13(19)12-2-1-9-21-12/h1-6,9H,7-8H2,(H,18,19). The van der Waals surface area contributed by atoms with Crippen molar-refractivity contribution in [1.82, 2.24) is 5.32 Å². The van der Waals surface area contributed by atoms with E-state index in [4.69, 9.17) is 0 Å². The van der Waals surface area contributed by atoms with E-state index in [1.54, 1.807) is 24.3 Å². The van der Waals surface area contributed by atoms with Gasteiger partial charge in [0, 0.05) is 6.54 Å². The minimum absolute atomic E-state index is 0.151. The van der Waals surface area contributed by atoms with Gasteiger partial charge in [-0.05, 0) is 35.6 Å². The smallest absolute Gasteiger partial charge is 0.406 e. The zero-order chi connectivity index (χ0) is 15.3. The fraction of sp³-hybridized carbons (Fsp3) is 0.214. The highest BCUT2D eigenvalue weighted by molar-refractivity contribution is 7.12. The number of carbonyl (C=O) groups excluding carboxylic acids is 1. The van der Waals surface area contributed by atoms with Crippen molar-refractivity contribution in [3.63, 3.8) is 0 Å². The highest BCUT2D eigenvalue weighted by Gasteiger charge is 2.30. The number of hydrogen-bond donors (Lipinski definition) is 1. The monoisotopic (exact) mass is 315 g/mol. The second kappa shape index (κ2) is 6.62. The average molecular weight is 315 g/mol. The second-order valence-electron chi connectivity index (χ2n) is 4.17. The van der Waals surface area contributed by atoms with Crippen LogP contribution in [0.2, 0.25) is 0 Å². The van der Waals surface area contributed by atoms with E-state index >= 15 is 0 Å². The molecule has 1 N–H and O–H groups in total. The van der Waals surface area contributed by atoms with Gasteiger partial charge in [0.2, 0.25) is 0 Å². The maximum absolute atomic E-state index is 12.0. The van der Waals surface area contributed by atoms with Crippen molar-refractivity contribution in [3.05, 3.63) is 52.2 Å². The molecule has 0 bridgehead atoms. The zero-order valence-corrected chi connectivity index (χ0v) is 11.6. The summed E-state index contributed by atoms with van der Waals surface area (Å²) in [6.07, 6.45) is -4.15. The van der Waals surface area contributed by atoms with E-state index in [1.807, 2.05) is 5.38 Å². The zero-order valence-electron chi connectivity index (χ0n) is 10.8. The van der Waals surface area contributed by atoms with Gasteiger partial charge >= 0.3 is 6.36 Å². The largest absolute Gasteiger partial charge is 0.573 e. The number of nitrogens with one attached hydrogen (secondary N) is 1. The maximum atomic E-state index is 12.0. The van der Waals surface area contributed by atoms with Crippen LogP contribution in [0.15, 0.2) is 41.8 Å². The third kappa shape index (κ3) is 5.11. The van der Waals surface area contributed by atoms with Gasteiger partial charge < -0.3 is 10.1 Å². The summed E-state index contributed by atoms with van der Waals surface area (Å²) in [7, 11) is 0. The lowest BCUT2D eigenvalue weighted by Gasteiger charge is -2.09. The molecule has 0 unspecified atom stereocenters. The number of halogens is 3. The van der Waals surface area contributed by atoms with Gasteiger partial charge in [-0.1, -0.05) is 18.2 Å². The highest BCUT2D eigenvalue weighted by atomic mass is 32.1. The predicted molar refractivity (Wildman–Crippen MR) is 73.5 cm³/mol. The Bertz CT molecular complexity index is 579. The maximum Gasteiger partial charge on any atom is 0.573 e. The average Bonchev–Trinajstić information content (AvgIpc) is 2.93. The Hall–Kier alpha value is -2.02. The van der Waals surface area contributed by atoms with Crippen molar-refractivity contribution >= 4 is 17.2 Å². The Kier molecular flexibility index (Phi) is 4.85. The number of alkyl halides is 3. The Labute approximate surface area is 123 Å². The van der Waals surface area contributed by atoms with Gasteiger partial charge in [-0.15, -0.1) is 24.5 Å². The first-order valence-corrected chi connectivity index (χ1v) is 6.98. The van der Waals surface area contributed by atoms with E-state index in [-0.39, 0.29) is 11.7 Å². The van der Waals surface area contributed by atoms with Gasteiger partial charge in [-0.25, -0.2) is 0 Å². The molecule has 1 aromatic carbocycles. The summed E-state index contributed by atoms with van der Waals surface area (Å²) in [5.74, 6) is -0.407. The molecule has 0 aliphatic heterocycles. The van der Waals surface area contributed by atoms with E-state index in [0.29, 0.717) is 17.8 Å². The molecule has 3 nitrogen and oxygen atoms in total. The molecular weight excluding hydrogens is 303 g/mol. The van der Waals surface area contributed by atoms with Crippen molar-refractivity contribution in [1.29, 1.82) is 0 Å². The SMILES string of the molecule is O=C(NCCc1ccc(OC(F)(F)F)cc1)c1cccs1. The van der Waals surface area contributed by atoms with Crippen molar-refractivity contribution < 1.29 is 22.7 Å². The molecule has 0 atom stereocenters. The second-order valence-corrected chi connectivity index (χ2v) is 5.12. The molecule has 0 fully saturated rings. The minimum atomic E-state index is -4.68. The van der Waals surface area contributed by atoms with E-state index < -0.39 is 6.36 Å². The first-order chi connectivity index (χ1) is 9.94. The number of rotatable bonds is 5. The van der Waals surface area contributed by atoms with Crippen LogP contribution in [0.3, 0.4) is 0 Å². The predicted octanol–water partition coefficient (Wildman–Crippen LogP) is 3.62. The van der Waals surface area contributed by atoms with Gasteiger partial charge in [0.05, 0.1) is 4.88 Å². The highest BCUT2D eigenvalue weighted by Crippen LogP contribution is 2.22. The number of amides is 1. The normalized spacial score (nSPS) is 11.2. The van der Waals surface area contributed by atoms with Crippen LogP contribution in [0.1, 0.15) is 15.2 Å². The van der Waals surface area contributed by atoms with Crippen LogP contribution in [-0.2, 0) is 6.42 Å². The summed E-state index contributed by atoms with van der Waals surface area (Å²) >= 11 is 1.35. The summed E-state index contributed by atoms with van der Waals surface area (Å²) in [6.45, 7) is 0.413. The molecule has 1 amide bonds. The number of hydrogen-bond acceptors (Lipinski definition) is 3. The molecule has 112 valence electrons. The fourth-order valence-corrected chi connectivity index (χ4v) is 2.31. The first kappa shape index (κ1) is 15.4. The molecular formula is C14H12F3NO2S. The lowest BCUT2D eigenvalue weighted by atomic mass is 10.1. The summed E-state index contributed by atoms with van der Waals surface area (Å²) in [6, 6.07) is 9.10. The number of ether oxygens (including phenoxy) is 1. The van der Waals surface area contributed by atoms with Gasteiger partial charge in [-0.2, -0.15) is 0 Å². The lowest BCUT2D eigenvalue weighted by Crippen LogP contribution is -2.24. The Balaban J connectivity index is 1.80. The molecule has 2 aromatic rings. The van der Waals surface area contributed by atoms with Crippen LogP contribution in [0.4, 0.5) is 13.2 Å². The first-order valence-electron chi connectivity index (χ1n) is 6.10. The Morgan fingerprint density at radius 1 is 1.19 bits per heavy atom. The third-order valence-electron chi connectivity index (χ3n) is 2.60. The van der Waals surface area contributed by atoms with Crippen molar-refractivity contribution in [2.75, 3.05) is 6.54 Å². The van der Waals surface area contributed by atoms with E-state index in [2.05, 4.69) is 10.1 Å². The molecule has 0 spiro atoms. The van der Waals surface area contributed by atoms with E-state index in [9.17, 15) is 18.0 Å². The molecule has 0 aliphatic carbocycles. The quantitative estimate of drug-likeness (QED) is 0.915. The van der Waals surface area contributed by atoms with Crippen LogP contribution in [-0.4, -0.2) is 18.8 Å². The van der Waals surface area contributed by atoms with Crippen LogP contribution in [0, 0.1) is 0 Å². The molecule has 1 aromatic heterocycles. The summed E-state index contributed by atoms with van der Waals surface area (Å²) in [4.78, 5) is 12.3. The Morgan fingerprint density at radius 2 is 1.90 bits per heavy atom. The summed E-state index contributed by atoms with van der Waals surface area (Å²) < 4.78 is 39.8. The molecule has 1 heterocycles. The molecule has 21 heavy (non-hydrogen) atoms. The van der Waals surface area contributed by atoms with Crippen LogP contribution in [0.5, 0.6) is 5.75 Å². The van der Waals surface area contributed by atoms with Gasteiger partial charge in [-0.3, -0.25) is 4.79 Å². The topological polar surface area (TPSA) is 38.3 Å². The third-order valence-corrected chi connectivity index (χ3v) is 3.47. The van der Waals surface area contributed by atoms with Crippen molar-refractivity contribution in [3.8, 4) is 5.75 Å². The number of benzene rings is 1. The van der Waals surface area contributed by atoms with E-state index in [1.165, 1.54) is 23.5 Å². The number of thiophene rings is 1. The summed E-state index contributed by atoms with van der Waals surface area (Å²) in [5.41, 5.74) is 0.816. The molecule has 0 radical (unpaired) electrons. The molecule has 0 saturated carbocycles. The van der Waals surface area contributed by atoms with Crippen LogP contribution >= 0.6 is 11.3 Å². The van der Waals surface area contributed by atoms with E-state index in [0.717, 1.165) is 5.56 Å². The molecule has 7 heteroatoms. The van der Waals surface area contributed by atoms with Crippen LogP contribution < -0.4 is 10.1 Å². The van der Waals surface area contributed by atoms with Crippen molar-refractivity contribution in [2.45, 2.75) is 12.8 Å². The van der Waals surface area contributed by atoms with Crippen molar-refractivity contribution in [2.24, 2.45) is 0 Å². The van der Waals surface area contributed by atoms with Crippen LogP contribution in [0.25, 0.3) is 0 Å². The van der Waals surface area contributed by atoms with Gasteiger partial charge in [0.1, 0.15) is 5.75 Å². The molecule has 2 rings (SSSR count). The minimum Gasteiger partial charge on any atom is -0.406 e. The summed E-state index contributed by atoms with van der Waals surface area (Å²) in [5, 5.41) is 4.56. The molecule has 0 saturated heterocycles. The van der Waals surface area contributed by atoms with Gasteiger partial charge in [0.15, 0.2) is 0 Å². The number of carbonyl (C=O) groups is 1. The Morgan fingerprint density at radius 3 is 2.48 bits per heavy atom. The fourth-order valence-electron chi connectivity index (χ4n) is 1.67. The van der Waals surface area contributed by atoms with Gasteiger partial charge in [0.25, 0.3) is 5.91 Å². The molecule has 0 aliphatic rings. The lowest BCUT2D eigenvalue weighted by molar-refractivity contribution is -0.274.